The van der Waals surface area contributed by atoms with Gasteiger partial charge in [0.15, 0.2) is 0 Å². The molecule has 3 rings (SSSR count). The molecule has 0 radical (unpaired) electrons. The Morgan fingerprint density at radius 1 is 1.44 bits per heavy atom. The number of nitrogens with two attached hydrogens (primary N) is 1. The van der Waals surface area contributed by atoms with E-state index in [-0.39, 0.29) is 12.6 Å². The van der Waals surface area contributed by atoms with Gasteiger partial charge in [0.1, 0.15) is 5.82 Å². The molecule has 0 amide bonds. The lowest BCUT2D eigenvalue weighted by molar-refractivity contribution is 0.264. The SMILES string of the molecule is NC(CO)c1cnc2n1Cc1ccccc1-2. The molecule has 0 fully saturated rings. The molecule has 4 nitrogen and oxygen atoms in total. The summed E-state index contributed by atoms with van der Waals surface area (Å²) in [6.45, 7) is 0.746. The predicted octanol–water partition coefficient (Wildman–Crippen LogP) is 0.904. The summed E-state index contributed by atoms with van der Waals surface area (Å²) in [7, 11) is 0. The molecule has 1 aromatic carbocycles. The first-order valence-corrected chi connectivity index (χ1v) is 5.31. The lowest BCUT2D eigenvalue weighted by Crippen LogP contribution is -2.18. The number of hydrogen-bond acceptors (Lipinski definition) is 3. The van der Waals surface area contributed by atoms with E-state index in [4.69, 9.17) is 10.8 Å². The zero-order valence-electron chi connectivity index (χ0n) is 8.80. The summed E-state index contributed by atoms with van der Waals surface area (Å²) in [6, 6.07) is 7.84. The van der Waals surface area contributed by atoms with Gasteiger partial charge >= 0.3 is 0 Å². The smallest absolute Gasteiger partial charge is 0.140 e. The minimum atomic E-state index is -0.351. The number of nitrogens with zero attached hydrogens (tertiary/aromatic N) is 2. The molecule has 1 aliphatic rings. The van der Waals surface area contributed by atoms with Crippen LogP contribution >= 0.6 is 0 Å². The number of aliphatic hydroxyl groups is 1. The van der Waals surface area contributed by atoms with Gasteiger partial charge in [0.2, 0.25) is 0 Å². The number of fused-ring (bicyclic) bond motifs is 3. The van der Waals surface area contributed by atoms with Crippen LogP contribution in [0.15, 0.2) is 30.5 Å². The number of rotatable bonds is 2. The number of imidazole rings is 1. The van der Waals surface area contributed by atoms with E-state index in [2.05, 4.69) is 21.7 Å². The summed E-state index contributed by atoms with van der Waals surface area (Å²) in [6.07, 6.45) is 1.76. The molecule has 1 aromatic heterocycles. The monoisotopic (exact) mass is 215 g/mol. The highest BCUT2D eigenvalue weighted by Gasteiger charge is 2.23. The molecule has 0 aliphatic carbocycles. The molecular formula is C12H13N3O. The van der Waals surface area contributed by atoms with Crippen LogP contribution < -0.4 is 5.73 Å². The van der Waals surface area contributed by atoms with Gasteiger partial charge in [-0.3, -0.25) is 0 Å². The Balaban J connectivity index is 2.11. The van der Waals surface area contributed by atoms with Crippen LogP contribution in [0.1, 0.15) is 17.3 Å². The van der Waals surface area contributed by atoms with E-state index in [1.165, 1.54) is 11.1 Å². The van der Waals surface area contributed by atoms with Crippen LogP contribution in [0.4, 0.5) is 0 Å². The fourth-order valence-corrected chi connectivity index (χ4v) is 2.21. The van der Waals surface area contributed by atoms with Crippen molar-refractivity contribution >= 4 is 0 Å². The molecule has 0 saturated carbocycles. The second-order valence-corrected chi connectivity index (χ2v) is 4.04. The molecule has 1 unspecified atom stereocenters. The normalized spacial score (nSPS) is 14.6. The minimum Gasteiger partial charge on any atom is -0.394 e. The molecule has 0 spiro atoms. The van der Waals surface area contributed by atoms with Gasteiger partial charge in [0, 0.05) is 5.56 Å². The Morgan fingerprint density at radius 2 is 2.25 bits per heavy atom. The summed E-state index contributed by atoms with van der Waals surface area (Å²) in [5.41, 5.74) is 9.16. The van der Waals surface area contributed by atoms with E-state index < -0.39 is 0 Å². The van der Waals surface area contributed by atoms with Gasteiger partial charge in [-0.2, -0.15) is 0 Å². The van der Waals surface area contributed by atoms with E-state index in [0.717, 1.165) is 18.1 Å². The van der Waals surface area contributed by atoms with Crippen molar-refractivity contribution in [2.75, 3.05) is 6.61 Å². The maximum atomic E-state index is 9.09. The largest absolute Gasteiger partial charge is 0.394 e. The van der Waals surface area contributed by atoms with Gasteiger partial charge in [-0.15, -0.1) is 0 Å². The molecule has 1 aliphatic heterocycles. The number of aliphatic hydroxyl groups excluding tert-OH is 1. The van der Waals surface area contributed by atoms with Gasteiger partial charge in [-0.25, -0.2) is 4.98 Å². The van der Waals surface area contributed by atoms with E-state index >= 15 is 0 Å². The van der Waals surface area contributed by atoms with Crippen LogP contribution in [0.25, 0.3) is 11.4 Å². The van der Waals surface area contributed by atoms with Crippen LogP contribution in [0.5, 0.6) is 0 Å². The summed E-state index contributed by atoms with van der Waals surface area (Å²) < 4.78 is 2.07. The van der Waals surface area contributed by atoms with Crippen LogP contribution in [0.3, 0.4) is 0 Å². The van der Waals surface area contributed by atoms with Crippen LogP contribution in [-0.4, -0.2) is 21.3 Å². The summed E-state index contributed by atoms with van der Waals surface area (Å²) in [5, 5.41) is 9.09. The van der Waals surface area contributed by atoms with Gasteiger partial charge in [-0.1, -0.05) is 24.3 Å². The van der Waals surface area contributed by atoms with Gasteiger partial charge in [0.05, 0.1) is 31.1 Å². The minimum absolute atomic E-state index is 0.0541. The van der Waals surface area contributed by atoms with Crippen molar-refractivity contribution in [3.63, 3.8) is 0 Å². The highest BCUT2D eigenvalue weighted by molar-refractivity contribution is 5.65. The Kier molecular flexibility index (Phi) is 2.05. The molecule has 2 aromatic rings. The zero-order valence-corrected chi connectivity index (χ0v) is 8.80. The molecule has 0 bridgehead atoms. The highest BCUT2D eigenvalue weighted by atomic mass is 16.3. The molecule has 0 saturated heterocycles. The van der Waals surface area contributed by atoms with Crippen molar-refractivity contribution in [1.82, 2.24) is 9.55 Å². The van der Waals surface area contributed by atoms with E-state index in [0.29, 0.717) is 0 Å². The van der Waals surface area contributed by atoms with Crippen LogP contribution in [-0.2, 0) is 6.54 Å². The van der Waals surface area contributed by atoms with E-state index in [1.807, 2.05) is 12.1 Å². The van der Waals surface area contributed by atoms with Crippen molar-refractivity contribution in [3.05, 3.63) is 41.7 Å². The van der Waals surface area contributed by atoms with Crippen molar-refractivity contribution in [2.45, 2.75) is 12.6 Å². The molecule has 1 atom stereocenters. The summed E-state index contributed by atoms with van der Waals surface area (Å²) in [4.78, 5) is 4.38. The van der Waals surface area contributed by atoms with Crippen molar-refractivity contribution in [2.24, 2.45) is 5.73 Å². The second-order valence-electron chi connectivity index (χ2n) is 4.04. The average molecular weight is 215 g/mol. The third-order valence-electron chi connectivity index (χ3n) is 3.05. The standard InChI is InChI=1S/C12H13N3O/c13-10(7-16)11-5-14-12-9-4-2-1-3-8(9)6-15(11)12/h1-5,10,16H,6-7,13H2. The number of aromatic nitrogens is 2. The van der Waals surface area contributed by atoms with Crippen molar-refractivity contribution < 1.29 is 5.11 Å². The maximum absolute atomic E-state index is 9.09. The third-order valence-corrected chi connectivity index (χ3v) is 3.05. The topological polar surface area (TPSA) is 64.1 Å². The molecular weight excluding hydrogens is 202 g/mol. The quantitative estimate of drug-likeness (QED) is 0.667. The van der Waals surface area contributed by atoms with E-state index in [1.54, 1.807) is 6.20 Å². The van der Waals surface area contributed by atoms with Crippen molar-refractivity contribution in [3.8, 4) is 11.4 Å². The fraction of sp³-hybridized carbons (Fsp3) is 0.250. The summed E-state index contributed by atoms with van der Waals surface area (Å²) >= 11 is 0. The first kappa shape index (κ1) is 9.57. The zero-order chi connectivity index (χ0) is 11.1. The number of benzene rings is 1. The fourth-order valence-electron chi connectivity index (χ4n) is 2.21. The molecule has 4 heteroatoms. The third kappa shape index (κ3) is 1.20. The predicted molar refractivity (Wildman–Crippen MR) is 60.8 cm³/mol. The van der Waals surface area contributed by atoms with E-state index in [9.17, 15) is 0 Å². The van der Waals surface area contributed by atoms with Gasteiger partial charge < -0.3 is 15.4 Å². The first-order valence-electron chi connectivity index (χ1n) is 5.31. The molecule has 16 heavy (non-hydrogen) atoms. The van der Waals surface area contributed by atoms with Gasteiger partial charge in [-0.05, 0) is 5.56 Å². The molecule has 3 N–H and O–H groups in total. The Hall–Kier alpha value is -1.65. The maximum Gasteiger partial charge on any atom is 0.140 e. The Labute approximate surface area is 93.4 Å². The Morgan fingerprint density at radius 3 is 3.06 bits per heavy atom. The van der Waals surface area contributed by atoms with Gasteiger partial charge in [0.25, 0.3) is 0 Å². The average Bonchev–Trinajstić information content (AvgIpc) is 2.86. The van der Waals surface area contributed by atoms with Crippen molar-refractivity contribution in [1.29, 1.82) is 0 Å². The van der Waals surface area contributed by atoms with Crippen LogP contribution in [0, 0.1) is 0 Å². The highest BCUT2D eigenvalue weighted by Crippen LogP contribution is 2.32. The lowest BCUT2D eigenvalue weighted by Gasteiger charge is -2.09. The Bertz CT molecular complexity index is 533. The first-order chi connectivity index (χ1) is 7.81. The number of hydrogen-bond donors (Lipinski definition) is 2. The second kappa shape index (κ2) is 3.43. The lowest BCUT2D eigenvalue weighted by atomic mass is 10.1. The van der Waals surface area contributed by atoms with Crippen LogP contribution in [0.2, 0.25) is 0 Å². The molecule has 2 heterocycles. The molecule has 82 valence electrons. The summed E-state index contributed by atoms with van der Waals surface area (Å²) in [5.74, 6) is 0.953.